The normalized spacial score (nSPS) is 19.8. The van der Waals surface area contributed by atoms with Crippen molar-refractivity contribution < 1.29 is 4.74 Å². The highest BCUT2D eigenvalue weighted by Gasteiger charge is 2.28. The van der Waals surface area contributed by atoms with Crippen LogP contribution >= 0.6 is 11.6 Å². The quantitative estimate of drug-likeness (QED) is 0.764. The number of anilines is 2. The van der Waals surface area contributed by atoms with Gasteiger partial charge in [-0.2, -0.15) is 0 Å². The molecule has 1 saturated heterocycles. The maximum Gasteiger partial charge on any atom is 0.154 e. The Bertz CT molecular complexity index is 395. The highest BCUT2D eigenvalue weighted by Crippen LogP contribution is 2.31. The second kappa shape index (κ2) is 4.11. The molecule has 1 aromatic rings. The first kappa shape index (κ1) is 11.5. The van der Waals surface area contributed by atoms with Crippen LogP contribution in [0.3, 0.4) is 0 Å². The first-order valence-corrected chi connectivity index (χ1v) is 5.66. The van der Waals surface area contributed by atoms with Crippen LogP contribution in [-0.4, -0.2) is 30.3 Å². The Balaban J connectivity index is 2.27. The average molecular weight is 242 g/mol. The SMILES string of the molecule is CC1(C)CN(c2ccnc(Cl)c2N)CCO1. The summed E-state index contributed by atoms with van der Waals surface area (Å²) in [5, 5.41) is 0.363. The average Bonchev–Trinajstić information content (AvgIpc) is 2.20. The molecule has 5 heteroatoms. The highest BCUT2D eigenvalue weighted by atomic mass is 35.5. The van der Waals surface area contributed by atoms with E-state index in [9.17, 15) is 0 Å². The molecule has 0 saturated carbocycles. The predicted molar refractivity (Wildman–Crippen MR) is 65.9 cm³/mol. The summed E-state index contributed by atoms with van der Waals surface area (Å²) in [7, 11) is 0. The van der Waals surface area contributed by atoms with E-state index < -0.39 is 0 Å². The van der Waals surface area contributed by atoms with Gasteiger partial charge in [0, 0.05) is 19.3 Å². The van der Waals surface area contributed by atoms with E-state index in [1.165, 1.54) is 0 Å². The number of nitrogen functional groups attached to an aromatic ring is 1. The predicted octanol–water partition coefficient (Wildman–Crippen LogP) is 1.93. The van der Waals surface area contributed by atoms with Crippen LogP contribution in [0.25, 0.3) is 0 Å². The molecule has 1 fully saturated rings. The number of nitrogens with zero attached hydrogens (tertiary/aromatic N) is 2. The lowest BCUT2D eigenvalue weighted by Crippen LogP contribution is -2.48. The zero-order valence-electron chi connectivity index (χ0n) is 9.53. The summed E-state index contributed by atoms with van der Waals surface area (Å²) >= 11 is 5.91. The van der Waals surface area contributed by atoms with Crippen molar-refractivity contribution in [1.82, 2.24) is 4.98 Å². The van der Waals surface area contributed by atoms with Crippen molar-refractivity contribution in [3.05, 3.63) is 17.4 Å². The van der Waals surface area contributed by atoms with E-state index in [1.54, 1.807) is 6.20 Å². The van der Waals surface area contributed by atoms with Gasteiger partial charge in [-0.1, -0.05) is 11.6 Å². The maximum atomic E-state index is 5.93. The molecule has 2 heterocycles. The molecular formula is C11H16ClN3O. The smallest absolute Gasteiger partial charge is 0.154 e. The maximum absolute atomic E-state index is 5.93. The second-order valence-corrected chi connectivity index (χ2v) is 4.92. The molecule has 0 unspecified atom stereocenters. The third-order valence-corrected chi connectivity index (χ3v) is 2.99. The van der Waals surface area contributed by atoms with E-state index in [0.29, 0.717) is 17.4 Å². The Hall–Kier alpha value is -1.00. The van der Waals surface area contributed by atoms with E-state index in [4.69, 9.17) is 22.1 Å². The fraction of sp³-hybridized carbons (Fsp3) is 0.545. The van der Waals surface area contributed by atoms with Crippen LogP contribution in [0.4, 0.5) is 11.4 Å². The molecule has 0 atom stereocenters. The molecule has 0 aromatic carbocycles. The molecule has 16 heavy (non-hydrogen) atoms. The van der Waals surface area contributed by atoms with E-state index in [1.807, 2.05) is 6.07 Å². The molecule has 2 rings (SSSR count). The van der Waals surface area contributed by atoms with Gasteiger partial charge in [0.2, 0.25) is 0 Å². The molecule has 0 radical (unpaired) electrons. The van der Waals surface area contributed by atoms with Crippen LogP contribution in [0.5, 0.6) is 0 Å². The molecule has 1 aromatic heterocycles. The fourth-order valence-electron chi connectivity index (χ4n) is 1.94. The third kappa shape index (κ3) is 2.23. The summed E-state index contributed by atoms with van der Waals surface area (Å²) in [5.41, 5.74) is 7.26. The molecule has 0 amide bonds. The Kier molecular flexibility index (Phi) is 2.95. The van der Waals surface area contributed by atoms with Crippen LogP contribution in [0.1, 0.15) is 13.8 Å². The Labute approximate surface area is 100 Å². The zero-order valence-corrected chi connectivity index (χ0v) is 10.3. The van der Waals surface area contributed by atoms with Crippen LogP contribution in [0, 0.1) is 0 Å². The molecule has 0 spiro atoms. The number of morpholine rings is 1. The van der Waals surface area contributed by atoms with Gasteiger partial charge in [-0.25, -0.2) is 4.98 Å². The molecule has 2 N–H and O–H groups in total. The van der Waals surface area contributed by atoms with Crippen molar-refractivity contribution in [2.75, 3.05) is 30.3 Å². The largest absolute Gasteiger partial charge is 0.395 e. The van der Waals surface area contributed by atoms with Gasteiger partial charge in [-0.15, -0.1) is 0 Å². The second-order valence-electron chi connectivity index (χ2n) is 4.56. The van der Waals surface area contributed by atoms with E-state index in [2.05, 4.69) is 23.7 Å². The summed E-state index contributed by atoms with van der Waals surface area (Å²) in [6.45, 7) is 6.47. The molecule has 1 aliphatic rings. The van der Waals surface area contributed by atoms with Crippen molar-refractivity contribution in [3.8, 4) is 0 Å². The molecule has 0 bridgehead atoms. The van der Waals surface area contributed by atoms with Crippen LogP contribution in [0.2, 0.25) is 5.15 Å². The third-order valence-electron chi connectivity index (χ3n) is 2.68. The van der Waals surface area contributed by atoms with E-state index in [0.717, 1.165) is 18.8 Å². The summed E-state index contributed by atoms with van der Waals surface area (Å²) in [5.74, 6) is 0. The van der Waals surface area contributed by atoms with Crippen LogP contribution < -0.4 is 10.6 Å². The molecule has 88 valence electrons. The number of ether oxygens (including phenoxy) is 1. The van der Waals surface area contributed by atoms with Crippen molar-refractivity contribution in [2.45, 2.75) is 19.4 Å². The molecular weight excluding hydrogens is 226 g/mol. The van der Waals surface area contributed by atoms with Gasteiger partial charge in [0.15, 0.2) is 5.15 Å². The number of nitrogens with two attached hydrogens (primary N) is 1. The van der Waals surface area contributed by atoms with Crippen LogP contribution in [-0.2, 0) is 4.74 Å². The topological polar surface area (TPSA) is 51.4 Å². The van der Waals surface area contributed by atoms with Gasteiger partial charge >= 0.3 is 0 Å². The number of rotatable bonds is 1. The fourth-order valence-corrected chi connectivity index (χ4v) is 2.09. The first-order valence-electron chi connectivity index (χ1n) is 5.28. The Morgan fingerprint density at radius 1 is 1.56 bits per heavy atom. The summed E-state index contributed by atoms with van der Waals surface area (Å²) < 4.78 is 5.66. The lowest BCUT2D eigenvalue weighted by molar-refractivity contribution is -0.0276. The first-order chi connectivity index (χ1) is 7.49. The van der Waals surface area contributed by atoms with Gasteiger partial charge in [0.1, 0.15) is 0 Å². The summed E-state index contributed by atoms with van der Waals surface area (Å²) in [6.07, 6.45) is 1.68. The standard InChI is InChI=1S/C11H16ClN3O/c1-11(2)7-15(5-6-16-11)8-3-4-14-10(12)9(8)13/h3-4H,5-7,13H2,1-2H3. The Morgan fingerprint density at radius 3 is 3.00 bits per heavy atom. The van der Waals surface area contributed by atoms with E-state index >= 15 is 0 Å². The van der Waals surface area contributed by atoms with Gasteiger partial charge in [0.25, 0.3) is 0 Å². The lowest BCUT2D eigenvalue weighted by atomic mass is 10.1. The number of halogens is 1. The minimum Gasteiger partial charge on any atom is -0.395 e. The summed E-state index contributed by atoms with van der Waals surface area (Å²) in [6, 6.07) is 1.89. The molecule has 1 aliphatic heterocycles. The van der Waals surface area contributed by atoms with Crippen LogP contribution in [0.15, 0.2) is 12.3 Å². The molecule has 0 aliphatic carbocycles. The van der Waals surface area contributed by atoms with Crippen molar-refractivity contribution in [1.29, 1.82) is 0 Å². The van der Waals surface area contributed by atoms with Crippen molar-refractivity contribution in [3.63, 3.8) is 0 Å². The van der Waals surface area contributed by atoms with Gasteiger partial charge in [0.05, 0.1) is 23.6 Å². The minimum atomic E-state index is -0.152. The Morgan fingerprint density at radius 2 is 2.31 bits per heavy atom. The number of hydrogen-bond acceptors (Lipinski definition) is 4. The van der Waals surface area contributed by atoms with Crippen molar-refractivity contribution >= 4 is 23.0 Å². The number of hydrogen-bond donors (Lipinski definition) is 1. The van der Waals surface area contributed by atoms with Gasteiger partial charge in [-0.05, 0) is 19.9 Å². The van der Waals surface area contributed by atoms with E-state index in [-0.39, 0.29) is 5.60 Å². The summed E-state index contributed by atoms with van der Waals surface area (Å²) in [4.78, 5) is 6.14. The number of pyridine rings is 1. The van der Waals surface area contributed by atoms with Crippen molar-refractivity contribution in [2.24, 2.45) is 0 Å². The van der Waals surface area contributed by atoms with Gasteiger partial charge in [-0.3, -0.25) is 0 Å². The molecule has 4 nitrogen and oxygen atoms in total. The zero-order chi connectivity index (χ0) is 11.8. The lowest BCUT2D eigenvalue weighted by Gasteiger charge is -2.39. The number of aromatic nitrogens is 1. The van der Waals surface area contributed by atoms with Gasteiger partial charge < -0.3 is 15.4 Å². The highest BCUT2D eigenvalue weighted by molar-refractivity contribution is 6.32. The monoisotopic (exact) mass is 241 g/mol. The minimum absolute atomic E-state index is 0.152.